The molecule has 1 fully saturated rings. The molecule has 0 N–H and O–H groups in total. The number of rotatable bonds is 7. The molecule has 7 nitrogen and oxygen atoms in total. The Morgan fingerprint density at radius 2 is 1.93 bits per heavy atom. The minimum Gasteiger partial charge on any atom is -0.338 e. The van der Waals surface area contributed by atoms with Crippen molar-refractivity contribution in [1.29, 1.82) is 0 Å². The number of benzene rings is 1. The normalized spacial score (nSPS) is 16.0. The largest absolute Gasteiger partial charge is 0.338 e. The molecule has 0 aliphatic carbocycles. The molecule has 1 aliphatic heterocycles. The maximum absolute atomic E-state index is 13.4. The van der Waals surface area contributed by atoms with Gasteiger partial charge in [-0.3, -0.25) is 9.69 Å². The van der Waals surface area contributed by atoms with Crippen LogP contribution >= 0.6 is 11.3 Å². The van der Waals surface area contributed by atoms with Crippen molar-refractivity contribution >= 4 is 17.2 Å². The first kappa shape index (κ1) is 20.6. The predicted octanol–water partition coefficient (Wildman–Crippen LogP) is 2.35. The van der Waals surface area contributed by atoms with Gasteiger partial charge in [0.1, 0.15) is 17.7 Å². The molecular weight excluding hydrogens is 403 g/mol. The maximum atomic E-state index is 13.4. The molecule has 0 radical (unpaired) electrons. The van der Waals surface area contributed by atoms with Crippen LogP contribution in [0.1, 0.15) is 22.3 Å². The number of carbonyl (C=O) groups excluding carboxylic acids is 1. The van der Waals surface area contributed by atoms with Gasteiger partial charge in [-0.1, -0.05) is 18.2 Å². The van der Waals surface area contributed by atoms with Gasteiger partial charge >= 0.3 is 0 Å². The van der Waals surface area contributed by atoms with Crippen LogP contribution in [0, 0.1) is 12.7 Å². The monoisotopic (exact) mass is 428 g/mol. The van der Waals surface area contributed by atoms with E-state index < -0.39 is 6.04 Å². The number of aryl methyl sites for hydroxylation is 1. The number of thiophene rings is 1. The lowest BCUT2D eigenvalue weighted by Crippen LogP contribution is -2.51. The molecule has 30 heavy (non-hydrogen) atoms. The highest BCUT2D eigenvalue weighted by Gasteiger charge is 2.30. The number of nitrogens with zero attached hydrogens (tertiary/aromatic N) is 6. The minimum atomic E-state index is -0.539. The Labute approximate surface area is 179 Å². The molecule has 1 atom stereocenters. The fourth-order valence-corrected chi connectivity index (χ4v) is 4.47. The Morgan fingerprint density at radius 1 is 1.17 bits per heavy atom. The molecular formula is C21H25FN6OS. The van der Waals surface area contributed by atoms with E-state index in [0.717, 1.165) is 31.6 Å². The van der Waals surface area contributed by atoms with Gasteiger partial charge in [0.15, 0.2) is 0 Å². The van der Waals surface area contributed by atoms with Gasteiger partial charge in [0, 0.05) is 44.0 Å². The average Bonchev–Trinajstić information content (AvgIpc) is 3.43. The Bertz CT molecular complexity index is 950. The highest BCUT2D eigenvalue weighted by molar-refractivity contribution is 7.09. The van der Waals surface area contributed by atoms with Gasteiger partial charge in [-0.25, -0.2) is 9.07 Å². The van der Waals surface area contributed by atoms with E-state index in [1.54, 1.807) is 35.1 Å². The second-order valence-electron chi connectivity index (χ2n) is 7.51. The minimum absolute atomic E-state index is 0.00707. The maximum Gasteiger partial charge on any atom is 0.248 e. The molecule has 3 aromatic rings. The van der Waals surface area contributed by atoms with Crippen LogP contribution in [-0.4, -0.2) is 68.6 Å². The van der Waals surface area contributed by atoms with Crippen LogP contribution in [0.5, 0.6) is 0 Å². The molecule has 3 heterocycles. The second kappa shape index (κ2) is 9.44. The van der Waals surface area contributed by atoms with Gasteiger partial charge in [0.25, 0.3) is 0 Å². The topological polar surface area (TPSA) is 67.2 Å². The second-order valence-corrected chi connectivity index (χ2v) is 8.55. The Morgan fingerprint density at radius 3 is 2.57 bits per heavy atom. The number of tetrazole rings is 1. The third kappa shape index (κ3) is 4.91. The summed E-state index contributed by atoms with van der Waals surface area (Å²) in [5.41, 5.74) is 0.874. The predicted molar refractivity (Wildman–Crippen MR) is 113 cm³/mol. The van der Waals surface area contributed by atoms with E-state index in [2.05, 4.69) is 37.9 Å². The smallest absolute Gasteiger partial charge is 0.248 e. The molecule has 0 bridgehead atoms. The summed E-state index contributed by atoms with van der Waals surface area (Å²) in [6.45, 7) is 5.87. The molecule has 0 spiro atoms. The van der Waals surface area contributed by atoms with Crippen molar-refractivity contribution in [3.8, 4) is 0 Å². The van der Waals surface area contributed by atoms with Gasteiger partial charge in [0.05, 0.1) is 0 Å². The molecule has 0 saturated carbocycles. The van der Waals surface area contributed by atoms with Crippen molar-refractivity contribution in [2.75, 3.05) is 32.7 Å². The van der Waals surface area contributed by atoms with Crippen molar-refractivity contribution in [1.82, 2.24) is 30.0 Å². The molecule has 1 aliphatic rings. The third-order valence-corrected chi connectivity index (χ3v) is 6.45. The third-order valence-electron chi connectivity index (χ3n) is 5.52. The summed E-state index contributed by atoms with van der Waals surface area (Å²) in [6.07, 6.45) is 1.46. The standard InChI is InChI=1S/C21H25FN6OS/c1-16-23-24-25-28(16)20(15-17-4-6-18(22)7-5-17)21(29)27-12-10-26(11-13-27)9-8-19-3-2-14-30-19/h2-7,14,20H,8-13,15H2,1H3. The fourth-order valence-electron chi connectivity index (χ4n) is 3.77. The molecule has 1 saturated heterocycles. The Kier molecular flexibility index (Phi) is 6.49. The first-order valence-corrected chi connectivity index (χ1v) is 11.0. The lowest BCUT2D eigenvalue weighted by Gasteiger charge is -2.36. The number of carbonyl (C=O) groups is 1. The first-order valence-electron chi connectivity index (χ1n) is 10.1. The average molecular weight is 429 g/mol. The zero-order valence-corrected chi connectivity index (χ0v) is 17.8. The Hall–Kier alpha value is -2.65. The lowest BCUT2D eigenvalue weighted by atomic mass is 10.0. The van der Waals surface area contributed by atoms with Gasteiger partial charge < -0.3 is 4.90 Å². The van der Waals surface area contributed by atoms with Crippen LogP contribution in [-0.2, 0) is 17.6 Å². The summed E-state index contributed by atoms with van der Waals surface area (Å²) >= 11 is 1.79. The van der Waals surface area contributed by atoms with Crippen LogP contribution in [0.2, 0.25) is 0 Å². The summed E-state index contributed by atoms with van der Waals surface area (Å²) in [4.78, 5) is 19.1. The molecule has 158 valence electrons. The van der Waals surface area contributed by atoms with Crippen molar-refractivity contribution in [3.63, 3.8) is 0 Å². The summed E-state index contributed by atoms with van der Waals surface area (Å²) in [7, 11) is 0. The zero-order valence-electron chi connectivity index (χ0n) is 16.9. The van der Waals surface area contributed by atoms with Crippen LogP contribution in [0.15, 0.2) is 41.8 Å². The van der Waals surface area contributed by atoms with Gasteiger partial charge in [0.2, 0.25) is 5.91 Å². The summed E-state index contributed by atoms with van der Waals surface area (Å²) in [5.74, 6) is 0.302. The van der Waals surface area contributed by atoms with E-state index in [0.29, 0.717) is 25.3 Å². The number of piperazine rings is 1. The molecule has 1 amide bonds. The van der Waals surface area contributed by atoms with Crippen LogP contribution in [0.4, 0.5) is 4.39 Å². The quantitative estimate of drug-likeness (QED) is 0.578. The first-order chi connectivity index (χ1) is 14.6. The SMILES string of the molecule is Cc1nnnn1C(Cc1ccc(F)cc1)C(=O)N1CCN(CCc2cccs2)CC1. The van der Waals surface area contributed by atoms with Gasteiger partial charge in [-0.2, -0.15) is 0 Å². The summed E-state index contributed by atoms with van der Waals surface area (Å²) < 4.78 is 14.9. The van der Waals surface area contributed by atoms with Crippen molar-refractivity contribution in [2.24, 2.45) is 0 Å². The van der Waals surface area contributed by atoms with Gasteiger partial charge in [-0.05, 0) is 52.9 Å². The van der Waals surface area contributed by atoms with Crippen LogP contribution in [0.3, 0.4) is 0 Å². The summed E-state index contributed by atoms with van der Waals surface area (Å²) in [5, 5.41) is 13.8. The van der Waals surface area contributed by atoms with Crippen molar-refractivity contribution in [2.45, 2.75) is 25.8 Å². The number of hydrogen-bond donors (Lipinski definition) is 0. The van der Waals surface area contributed by atoms with E-state index in [4.69, 9.17) is 0 Å². The Balaban J connectivity index is 1.40. The van der Waals surface area contributed by atoms with Crippen molar-refractivity contribution < 1.29 is 9.18 Å². The fraction of sp³-hybridized carbons (Fsp3) is 0.429. The summed E-state index contributed by atoms with van der Waals surface area (Å²) in [6, 6.07) is 9.95. The van der Waals surface area contributed by atoms with E-state index in [1.165, 1.54) is 17.0 Å². The van der Waals surface area contributed by atoms with E-state index in [-0.39, 0.29) is 11.7 Å². The van der Waals surface area contributed by atoms with E-state index >= 15 is 0 Å². The molecule has 4 rings (SSSR count). The van der Waals surface area contributed by atoms with E-state index in [1.807, 2.05) is 4.90 Å². The van der Waals surface area contributed by atoms with Crippen LogP contribution in [0.25, 0.3) is 0 Å². The lowest BCUT2D eigenvalue weighted by molar-refractivity contribution is -0.137. The highest BCUT2D eigenvalue weighted by atomic mass is 32.1. The number of aromatic nitrogens is 4. The molecule has 1 aromatic carbocycles. The van der Waals surface area contributed by atoms with Crippen molar-refractivity contribution in [3.05, 3.63) is 63.9 Å². The number of halogens is 1. The molecule has 9 heteroatoms. The number of amides is 1. The molecule has 1 unspecified atom stereocenters. The molecule has 2 aromatic heterocycles. The highest BCUT2D eigenvalue weighted by Crippen LogP contribution is 2.20. The van der Waals surface area contributed by atoms with E-state index in [9.17, 15) is 9.18 Å². The zero-order chi connectivity index (χ0) is 20.9. The van der Waals surface area contributed by atoms with Gasteiger partial charge in [-0.15, -0.1) is 16.4 Å². The number of hydrogen-bond acceptors (Lipinski definition) is 6. The van der Waals surface area contributed by atoms with Crippen LogP contribution < -0.4 is 0 Å².